The van der Waals surface area contributed by atoms with E-state index in [2.05, 4.69) is 33.9 Å². The fourth-order valence-corrected chi connectivity index (χ4v) is 2.45. The molecule has 3 rings (SSSR count). The molecule has 5 heteroatoms. The molecular weight excluding hydrogens is 252 g/mol. The number of aliphatic hydroxyl groups excluding tert-OH is 1. The summed E-state index contributed by atoms with van der Waals surface area (Å²) in [4.78, 5) is 0. The minimum absolute atomic E-state index is 0.194. The molecule has 3 N–H and O–H groups in total. The van der Waals surface area contributed by atoms with Crippen molar-refractivity contribution in [3.05, 3.63) is 23.8 Å². The number of aliphatic hydroxyl groups is 1. The SMILES string of the molecule is CNc1nn(CCCO)c2cc(CNC3CC3)ccc12. The zero-order valence-electron chi connectivity index (χ0n) is 11.9. The van der Waals surface area contributed by atoms with Gasteiger partial charge in [-0.1, -0.05) is 6.07 Å². The van der Waals surface area contributed by atoms with Crippen LogP contribution in [0.4, 0.5) is 5.82 Å². The number of benzene rings is 1. The Morgan fingerprint density at radius 2 is 2.25 bits per heavy atom. The molecule has 0 unspecified atom stereocenters. The highest BCUT2D eigenvalue weighted by Crippen LogP contribution is 2.25. The van der Waals surface area contributed by atoms with Gasteiger partial charge in [-0.05, 0) is 37.0 Å². The van der Waals surface area contributed by atoms with E-state index < -0.39 is 0 Å². The van der Waals surface area contributed by atoms with Crippen LogP contribution in [0.15, 0.2) is 18.2 Å². The van der Waals surface area contributed by atoms with Gasteiger partial charge < -0.3 is 15.7 Å². The molecule has 1 fully saturated rings. The molecule has 2 aromatic rings. The lowest BCUT2D eigenvalue weighted by molar-refractivity contribution is 0.278. The number of anilines is 1. The highest BCUT2D eigenvalue weighted by atomic mass is 16.3. The monoisotopic (exact) mass is 274 g/mol. The Bertz CT molecular complexity index is 589. The fraction of sp³-hybridized carbons (Fsp3) is 0.533. The second-order valence-corrected chi connectivity index (χ2v) is 5.41. The van der Waals surface area contributed by atoms with Crippen molar-refractivity contribution in [1.82, 2.24) is 15.1 Å². The van der Waals surface area contributed by atoms with Gasteiger partial charge in [0.15, 0.2) is 5.82 Å². The number of hydrogen-bond donors (Lipinski definition) is 3. The average Bonchev–Trinajstić information content (AvgIpc) is 3.24. The Kier molecular flexibility index (Phi) is 3.89. The molecule has 1 aliphatic carbocycles. The van der Waals surface area contributed by atoms with Gasteiger partial charge in [0.2, 0.25) is 0 Å². The van der Waals surface area contributed by atoms with Gasteiger partial charge in [0.05, 0.1) is 5.52 Å². The topological polar surface area (TPSA) is 62.1 Å². The summed E-state index contributed by atoms with van der Waals surface area (Å²) in [5, 5.41) is 21.4. The molecule has 1 heterocycles. The first kappa shape index (κ1) is 13.4. The second-order valence-electron chi connectivity index (χ2n) is 5.41. The van der Waals surface area contributed by atoms with Crippen LogP contribution >= 0.6 is 0 Å². The summed E-state index contributed by atoms with van der Waals surface area (Å²) in [5.41, 5.74) is 2.43. The molecular formula is C15H22N4O. The van der Waals surface area contributed by atoms with Crippen LogP contribution in [0.2, 0.25) is 0 Å². The quantitative estimate of drug-likeness (QED) is 0.719. The molecule has 1 aliphatic rings. The maximum atomic E-state index is 9.00. The first-order valence-corrected chi connectivity index (χ1v) is 7.33. The fourth-order valence-electron chi connectivity index (χ4n) is 2.45. The summed E-state index contributed by atoms with van der Waals surface area (Å²) < 4.78 is 1.98. The van der Waals surface area contributed by atoms with Gasteiger partial charge in [0.1, 0.15) is 0 Å². The summed E-state index contributed by atoms with van der Waals surface area (Å²) in [5.74, 6) is 0.902. The molecule has 5 nitrogen and oxygen atoms in total. The third kappa shape index (κ3) is 2.78. The Hall–Kier alpha value is -1.59. The molecule has 1 saturated carbocycles. The highest BCUT2D eigenvalue weighted by Gasteiger charge is 2.20. The molecule has 0 amide bonds. The van der Waals surface area contributed by atoms with E-state index in [1.54, 1.807) is 0 Å². The van der Waals surface area contributed by atoms with Crippen LogP contribution in [0.5, 0.6) is 0 Å². The maximum absolute atomic E-state index is 9.00. The van der Waals surface area contributed by atoms with Crippen molar-refractivity contribution in [1.29, 1.82) is 0 Å². The molecule has 0 radical (unpaired) electrons. The summed E-state index contributed by atoms with van der Waals surface area (Å²) >= 11 is 0. The number of nitrogens with zero attached hydrogens (tertiary/aromatic N) is 2. The van der Waals surface area contributed by atoms with Crippen LogP contribution in [0.1, 0.15) is 24.8 Å². The van der Waals surface area contributed by atoms with Gasteiger partial charge in [0, 0.05) is 38.2 Å². The van der Waals surface area contributed by atoms with Crippen LogP contribution in [0, 0.1) is 0 Å². The molecule has 0 aliphatic heterocycles. The van der Waals surface area contributed by atoms with Crippen molar-refractivity contribution >= 4 is 16.7 Å². The molecule has 1 aromatic carbocycles. The van der Waals surface area contributed by atoms with Crippen molar-refractivity contribution in [2.75, 3.05) is 19.0 Å². The summed E-state index contributed by atoms with van der Waals surface area (Å²) in [6.45, 7) is 1.86. The molecule has 0 bridgehead atoms. The number of hydrogen-bond acceptors (Lipinski definition) is 4. The lowest BCUT2D eigenvalue weighted by Gasteiger charge is -2.05. The molecule has 0 spiro atoms. The predicted molar refractivity (Wildman–Crippen MR) is 80.8 cm³/mol. The first-order chi connectivity index (χ1) is 9.81. The van der Waals surface area contributed by atoms with Crippen molar-refractivity contribution in [3.8, 4) is 0 Å². The molecule has 108 valence electrons. The van der Waals surface area contributed by atoms with Crippen LogP contribution in [-0.2, 0) is 13.1 Å². The van der Waals surface area contributed by atoms with Crippen molar-refractivity contribution < 1.29 is 5.11 Å². The van der Waals surface area contributed by atoms with E-state index in [0.29, 0.717) is 0 Å². The minimum atomic E-state index is 0.194. The number of nitrogens with one attached hydrogen (secondary N) is 2. The Morgan fingerprint density at radius 1 is 1.40 bits per heavy atom. The van der Waals surface area contributed by atoms with E-state index in [1.165, 1.54) is 18.4 Å². The number of rotatable bonds is 7. The van der Waals surface area contributed by atoms with Gasteiger partial charge in [-0.3, -0.25) is 4.68 Å². The van der Waals surface area contributed by atoms with E-state index in [1.807, 2.05) is 11.7 Å². The predicted octanol–water partition coefficient (Wildman–Crippen LogP) is 1.71. The van der Waals surface area contributed by atoms with Crippen molar-refractivity contribution in [3.63, 3.8) is 0 Å². The van der Waals surface area contributed by atoms with Crippen LogP contribution in [0.25, 0.3) is 10.9 Å². The number of aryl methyl sites for hydroxylation is 1. The number of aromatic nitrogens is 2. The van der Waals surface area contributed by atoms with Gasteiger partial charge >= 0.3 is 0 Å². The Labute approximate surface area is 119 Å². The largest absolute Gasteiger partial charge is 0.396 e. The second kappa shape index (κ2) is 5.81. The zero-order valence-corrected chi connectivity index (χ0v) is 11.9. The number of fused-ring (bicyclic) bond motifs is 1. The van der Waals surface area contributed by atoms with E-state index >= 15 is 0 Å². The molecule has 0 saturated heterocycles. The van der Waals surface area contributed by atoms with Crippen molar-refractivity contribution in [2.45, 2.75) is 38.4 Å². The minimum Gasteiger partial charge on any atom is -0.396 e. The third-order valence-electron chi connectivity index (χ3n) is 3.75. The van der Waals surface area contributed by atoms with Crippen LogP contribution in [-0.4, -0.2) is 34.6 Å². The first-order valence-electron chi connectivity index (χ1n) is 7.33. The molecule has 0 atom stereocenters. The van der Waals surface area contributed by atoms with E-state index in [0.717, 1.165) is 42.3 Å². The van der Waals surface area contributed by atoms with Gasteiger partial charge in [-0.2, -0.15) is 5.10 Å². The molecule has 1 aromatic heterocycles. The summed E-state index contributed by atoms with van der Waals surface area (Å²) in [7, 11) is 1.89. The van der Waals surface area contributed by atoms with Crippen molar-refractivity contribution in [2.24, 2.45) is 0 Å². The van der Waals surface area contributed by atoms with Gasteiger partial charge in [0.25, 0.3) is 0 Å². The zero-order chi connectivity index (χ0) is 13.9. The van der Waals surface area contributed by atoms with Crippen LogP contribution in [0.3, 0.4) is 0 Å². The molecule has 20 heavy (non-hydrogen) atoms. The van der Waals surface area contributed by atoms with E-state index in [9.17, 15) is 0 Å². The van der Waals surface area contributed by atoms with E-state index in [-0.39, 0.29) is 6.61 Å². The third-order valence-corrected chi connectivity index (χ3v) is 3.75. The maximum Gasteiger partial charge on any atom is 0.155 e. The Balaban J connectivity index is 1.87. The van der Waals surface area contributed by atoms with Gasteiger partial charge in [-0.25, -0.2) is 0 Å². The lowest BCUT2D eigenvalue weighted by Crippen LogP contribution is -2.15. The summed E-state index contributed by atoms with van der Waals surface area (Å²) in [6.07, 6.45) is 3.34. The van der Waals surface area contributed by atoms with Gasteiger partial charge in [-0.15, -0.1) is 0 Å². The average molecular weight is 274 g/mol. The standard InChI is InChI=1S/C15H22N4O/c1-16-15-13-6-3-11(10-17-12-4-5-12)9-14(13)19(18-15)7-2-8-20/h3,6,9,12,17,20H,2,4-5,7-8,10H2,1H3,(H,16,18). The van der Waals surface area contributed by atoms with E-state index in [4.69, 9.17) is 5.11 Å². The lowest BCUT2D eigenvalue weighted by atomic mass is 10.1. The van der Waals surface area contributed by atoms with Crippen LogP contribution < -0.4 is 10.6 Å². The normalized spacial score (nSPS) is 14.9. The summed E-state index contributed by atoms with van der Waals surface area (Å²) in [6, 6.07) is 7.22. The Morgan fingerprint density at radius 3 is 2.95 bits per heavy atom. The smallest absolute Gasteiger partial charge is 0.155 e. The highest BCUT2D eigenvalue weighted by molar-refractivity contribution is 5.90.